The van der Waals surface area contributed by atoms with E-state index >= 15 is 0 Å². The quantitative estimate of drug-likeness (QED) is 0.154. The fraction of sp³-hybridized carbons (Fsp3) is 0.178. The van der Waals surface area contributed by atoms with E-state index in [-0.39, 0.29) is 0 Å². The van der Waals surface area contributed by atoms with Crippen LogP contribution in [0.1, 0.15) is 44.5 Å². The van der Waals surface area contributed by atoms with Crippen molar-refractivity contribution >= 4 is 55.0 Å². The molecule has 0 fully saturated rings. The summed E-state index contributed by atoms with van der Waals surface area (Å²) in [6.07, 6.45) is 8.80. The summed E-state index contributed by atoms with van der Waals surface area (Å²) in [5.74, 6) is 0. The highest BCUT2D eigenvalue weighted by Crippen LogP contribution is 2.63. The van der Waals surface area contributed by atoms with Gasteiger partial charge in [0.2, 0.25) is 0 Å². The van der Waals surface area contributed by atoms with Crippen molar-refractivity contribution < 1.29 is 14.8 Å². The largest absolute Gasteiger partial charge is 0.378 e. The summed E-state index contributed by atoms with van der Waals surface area (Å²) in [6, 6.07) is 29.4. The van der Waals surface area contributed by atoms with Gasteiger partial charge in [-0.05, 0) is 102 Å². The molecule has 0 saturated heterocycles. The maximum atomic E-state index is 13.2. The molecule has 2 N–H and O–H groups in total. The second-order valence-corrected chi connectivity index (χ2v) is 14.9. The molecule has 2 atom stereocenters. The molecule has 0 spiro atoms. The van der Waals surface area contributed by atoms with Crippen LogP contribution in [0.25, 0.3) is 37.9 Å². The van der Waals surface area contributed by atoms with Crippen molar-refractivity contribution in [2.75, 3.05) is 52.1 Å². The predicted octanol–water partition coefficient (Wildman–Crippen LogP) is 7.43. The van der Waals surface area contributed by atoms with Gasteiger partial charge in [0.25, 0.3) is 0 Å². The lowest BCUT2D eigenvalue weighted by Crippen LogP contribution is -2.28. The predicted molar refractivity (Wildman–Crippen MR) is 206 cm³/mol. The first kappa shape index (κ1) is 29.4. The van der Waals surface area contributed by atoms with Crippen molar-refractivity contribution in [1.82, 2.24) is 0 Å². The van der Waals surface area contributed by atoms with E-state index in [0.29, 0.717) is 0 Å². The van der Waals surface area contributed by atoms with Crippen molar-refractivity contribution in [3.05, 3.63) is 159 Å². The monoisotopic (exact) mass is 652 g/mol. The number of nitrogens with zero attached hydrogens (tertiary/aromatic N) is 3. The Morgan fingerprint density at radius 3 is 1.18 bits per heavy atom. The Labute approximate surface area is 291 Å². The average Bonchev–Trinajstić information content (AvgIpc) is 3.70. The average molecular weight is 653 g/mol. The van der Waals surface area contributed by atoms with E-state index in [4.69, 9.17) is 0 Å². The standard InChI is InChI=1S/C45H38N3O2/c1-46(2)28-13-7-25(8-14-28)37-31-19-21-33-40-38(31)39-32(37)20-22-34-41(39)43-36(45(34,50)27-11-17-30(18-12-27)48(5)6)24-23-35(42(40)43)44(33,49)26-9-15-29(16-10-26)47(3)4/h7-24,49-50H,1-6H3/q+1. The molecule has 0 aromatic heterocycles. The van der Waals surface area contributed by atoms with Crippen LogP contribution in [-0.4, -0.2) is 62.8 Å². The maximum absolute atomic E-state index is 13.2. The van der Waals surface area contributed by atoms with E-state index in [1.54, 1.807) is 0 Å². The van der Waals surface area contributed by atoms with Gasteiger partial charge >= 0.3 is 0 Å². The molecule has 0 heterocycles. The van der Waals surface area contributed by atoms with Gasteiger partial charge in [0.1, 0.15) is 25.3 Å². The Morgan fingerprint density at radius 2 is 0.820 bits per heavy atom. The Morgan fingerprint density at radius 1 is 0.460 bits per heavy atom. The van der Waals surface area contributed by atoms with E-state index in [1.165, 1.54) is 27.5 Å². The normalized spacial score (nSPS) is 20.7. The van der Waals surface area contributed by atoms with Crippen LogP contribution < -0.4 is 9.80 Å². The highest BCUT2D eigenvalue weighted by Gasteiger charge is 2.50. The van der Waals surface area contributed by atoms with E-state index < -0.39 is 11.2 Å². The van der Waals surface area contributed by atoms with E-state index in [9.17, 15) is 10.2 Å². The van der Waals surface area contributed by atoms with E-state index in [1.807, 2.05) is 28.2 Å². The Hall–Kier alpha value is -5.49. The van der Waals surface area contributed by atoms with Gasteiger partial charge in [0.15, 0.2) is 5.71 Å². The van der Waals surface area contributed by atoms with Gasteiger partial charge in [-0.15, -0.1) is 0 Å². The molecule has 50 heavy (non-hydrogen) atoms. The van der Waals surface area contributed by atoms with Gasteiger partial charge < -0.3 is 20.0 Å². The van der Waals surface area contributed by atoms with Gasteiger partial charge in [-0.25, -0.2) is 4.58 Å². The van der Waals surface area contributed by atoms with Gasteiger partial charge in [0.05, 0.1) is 0 Å². The minimum absolute atomic E-state index is 0.836. The molecular formula is C45H38N3O2+. The number of hydrogen-bond donors (Lipinski definition) is 2. The summed E-state index contributed by atoms with van der Waals surface area (Å²) < 4.78 is 2.12. The highest BCUT2D eigenvalue weighted by molar-refractivity contribution is 6.38. The van der Waals surface area contributed by atoms with Crippen LogP contribution in [0.2, 0.25) is 0 Å². The van der Waals surface area contributed by atoms with Crippen LogP contribution in [0.15, 0.2) is 115 Å². The molecule has 5 nitrogen and oxygen atoms in total. The fourth-order valence-electron chi connectivity index (χ4n) is 9.28. The second-order valence-electron chi connectivity index (χ2n) is 14.9. The zero-order chi connectivity index (χ0) is 34.4. The maximum Gasteiger partial charge on any atom is 0.199 e. The van der Waals surface area contributed by atoms with Crippen molar-refractivity contribution in [2.45, 2.75) is 11.2 Å². The number of benzene rings is 6. The number of hydrogen-bond acceptors (Lipinski definition) is 4. The van der Waals surface area contributed by atoms with Crippen LogP contribution >= 0.6 is 0 Å². The molecule has 4 aliphatic rings. The summed E-state index contributed by atoms with van der Waals surface area (Å²) in [5.41, 5.74) is 10.5. The van der Waals surface area contributed by atoms with Crippen LogP contribution in [0.5, 0.6) is 0 Å². The minimum atomic E-state index is -1.36. The van der Waals surface area contributed by atoms with Crippen LogP contribution in [0.3, 0.4) is 0 Å². The first-order valence-electron chi connectivity index (χ1n) is 17.2. The Bertz CT molecular complexity index is 2500. The molecule has 10 rings (SSSR count). The zero-order valence-electron chi connectivity index (χ0n) is 29.1. The molecule has 2 unspecified atom stereocenters. The van der Waals surface area contributed by atoms with Crippen LogP contribution in [-0.2, 0) is 11.2 Å². The van der Waals surface area contributed by atoms with Gasteiger partial charge in [-0.1, -0.05) is 60.7 Å². The van der Waals surface area contributed by atoms with Crippen molar-refractivity contribution in [1.29, 1.82) is 0 Å². The van der Waals surface area contributed by atoms with Gasteiger partial charge in [0, 0.05) is 74.0 Å². The van der Waals surface area contributed by atoms with Crippen LogP contribution in [0.4, 0.5) is 11.4 Å². The number of anilines is 2. The van der Waals surface area contributed by atoms with E-state index in [2.05, 4.69) is 138 Å². The summed E-state index contributed by atoms with van der Waals surface area (Å²) in [4.78, 5) is 4.15. The molecule has 4 aliphatic carbocycles. The van der Waals surface area contributed by atoms with Crippen molar-refractivity contribution in [3.8, 4) is 0 Å². The molecule has 0 aliphatic heterocycles. The third kappa shape index (κ3) is 3.37. The minimum Gasteiger partial charge on any atom is -0.378 e. The summed E-state index contributed by atoms with van der Waals surface area (Å²) in [7, 11) is 12.2. The third-order valence-electron chi connectivity index (χ3n) is 11.7. The number of rotatable bonds is 4. The Balaban J connectivity index is 1.34. The molecule has 0 saturated carbocycles. The molecule has 0 radical (unpaired) electrons. The van der Waals surface area contributed by atoms with Crippen molar-refractivity contribution in [3.63, 3.8) is 0 Å². The summed E-state index contributed by atoms with van der Waals surface area (Å²) in [6.45, 7) is 0. The molecular weight excluding hydrogens is 615 g/mol. The lowest BCUT2D eigenvalue weighted by Gasteiger charge is -2.29. The van der Waals surface area contributed by atoms with Crippen LogP contribution in [0, 0.1) is 0 Å². The zero-order valence-corrected chi connectivity index (χ0v) is 29.1. The molecule has 0 amide bonds. The van der Waals surface area contributed by atoms with Crippen molar-refractivity contribution in [2.24, 2.45) is 0 Å². The topological polar surface area (TPSA) is 50.0 Å². The highest BCUT2D eigenvalue weighted by atomic mass is 16.3. The molecule has 6 aromatic carbocycles. The molecule has 244 valence electrons. The van der Waals surface area contributed by atoms with E-state index in [0.717, 1.165) is 77.6 Å². The first-order valence-corrected chi connectivity index (χ1v) is 17.2. The SMILES string of the molecule is CN(C)c1ccc(C2(O)c3ccc4c5c6c(ccc7c6c6c(ccc2c6c35)C7(O)c2ccc(N(C)C)cc2)C4=C2C=CC(=[N+](C)C)C=C2)cc1. The summed E-state index contributed by atoms with van der Waals surface area (Å²) in [5, 5.41) is 32.9. The summed E-state index contributed by atoms with van der Waals surface area (Å²) >= 11 is 0. The Kier molecular flexibility index (Phi) is 5.65. The fourth-order valence-corrected chi connectivity index (χ4v) is 9.28. The second kappa shape index (κ2) is 9.60. The first-order chi connectivity index (χ1) is 24.0. The lowest BCUT2D eigenvalue weighted by atomic mass is 9.81. The molecule has 6 aromatic rings. The number of allylic oxidation sites excluding steroid dienone is 5. The molecule has 0 bridgehead atoms. The number of aliphatic hydroxyl groups is 2. The molecule has 5 heteroatoms. The van der Waals surface area contributed by atoms with Gasteiger partial charge in [-0.2, -0.15) is 0 Å². The third-order valence-corrected chi connectivity index (χ3v) is 11.7. The lowest BCUT2D eigenvalue weighted by molar-refractivity contribution is -0.462. The van der Waals surface area contributed by atoms with Gasteiger partial charge in [-0.3, -0.25) is 0 Å². The smallest absolute Gasteiger partial charge is 0.199 e.